The molecule has 0 aliphatic carbocycles. The highest BCUT2D eigenvalue weighted by molar-refractivity contribution is 5.59. The predicted octanol–water partition coefficient (Wildman–Crippen LogP) is 1.66. The average molecular weight is 198 g/mol. The first kappa shape index (κ1) is 9.28. The summed E-state index contributed by atoms with van der Waals surface area (Å²) in [6.07, 6.45) is 3.47. The number of rotatable bonds is 2. The Bertz CT molecular complexity index is 490. The summed E-state index contributed by atoms with van der Waals surface area (Å²) in [6, 6.07) is 9.52. The van der Waals surface area contributed by atoms with E-state index in [4.69, 9.17) is 11.0 Å². The number of benzene rings is 1. The van der Waals surface area contributed by atoms with Crippen molar-refractivity contribution in [2.24, 2.45) is 0 Å². The van der Waals surface area contributed by atoms with Gasteiger partial charge in [0.25, 0.3) is 0 Å². The fraction of sp³-hybridized carbons (Fsp3) is 0.0909. The van der Waals surface area contributed by atoms with E-state index in [0.717, 1.165) is 17.1 Å². The molecule has 4 heteroatoms. The van der Waals surface area contributed by atoms with Gasteiger partial charge in [0, 0.05) is 23.6 Å². The molecule has 0 spiro atoms. The molecule has 0 fully saturated rings. The fourth-order valence-electron chi connectivity index (χ4n) is 1.41. The first-order chi connectivity index (χ1) is 7.31. The zero-order valence-electron chi connectivity index (χ0n) is 8.09. The van der Waals surface area contributed by atoms with E-state index in [9.17, 15) is 0 Å². The molecule has 0 aliphatic heterocycles. The molecule has 0 unspecified atom stereocenters. The van der Waals surface area contributed by atoms with Gasteiger partial charge in [-0.3, -0.25) is 0 Å². The highest BCUT2D eigenvalue weighted by atomic mass is 15.1. The number of anilines is 1. The van der Waals surface area contributed by atoms with Gasteiger partial charge in [-0.1, -0.05) is 0 Å². The minimum Gasteiger partial charge on any atom is -0.399 e. The summed E-state index contributed by atoms with van der Waals surface area (Å²) in [5.74, 6) is 0.788. The quantitative estimate of drug-likeness (QED) is 0.746. The Kier molecular flexibility index (Phi) is 2.38. The third-order valence-electron chi connectivity index (χ3n) is 2.13. The monoisotopic (exact) mass is 198 g/mol. The maximum Gasteiger partial charge on any atom is 0.140 e. The van der Waals surface area contributed by atoms with Crippen molar-refractivity contribution in [3.05, 3.63) is 36.7 Å². The van der Waals surface area contributed by atoms with E-state index in [-0.39, 0.29) is 0 Å². The van der Waals surface area contributed by atoms with Crippen LogP contribution in [-0.2, 0) is 6.54 Å². The van der Waals surface area contributed by atoms with Gasteiger partial charge in [0.2, 0.25) is 0 Å². The summed E-state index contributed by atoms with van der Waals surface area (Å²) in [7, 11) is 0. The van der Waals surface area contributed by atoms with Crippen molar-refractivity contribution in [1.82, 2.24) is 9.55 Å². The summed E-state index contributed by atoms with van der Waals surface area (Å²) < 4.78 is 1.80. The lowest BCUT2D eigenvalue weighted by Crippen LogP contribution is -1.97. The highest BCUT2D eigenvalue weighted by Crippen LogP contribution is 2.18. The van der Waals surface area contributed by atoms with E-state index in [1.165, 1.54) is 0 Å². The molecule has 0 amide bonds. The molecule has 1 aromatic heterocycles. The van der Waals surface area contributed by atoms with Crippen LogP contribution in [0.25, 0.3) is 11.4 Å². The largest absolute Gasteiger partial charge is 0.399 e. The minimum absolute atomic E-state index is 0.305. The molecule has 2 rings (SSSR count). The van der Waals surface area contributed by atoms with Crippen LogP contribution in [0.2, 0.25) is 0 Å². The number of nitrogen functional groups attached to an aromatic ring is 1. The van der Waals surface area contributed by atoms with Crippen molar-refractivity contribution in [3.8, 4) is 17.5 Å². The number of hydrogen-bond acceptors (Lipinski definition) is 3. The van der Waals surface area contributed by atoms with Crippen molar-refractivity contribution in [2.45, 2.75) is 6.54 Å². The van der Waals surface area contributed by atoms with E-state index in [1.807, 2.05) is 24.3 Å². The zero-order chi connectivity index (χ0) is 10.7. The summed E-state index contributed by atoms with van der Waals surface area (Å²) >= 11 is 0. The first-order valence-corrected chi connectivity index (χ1v) is 4.55. The van der Waals surface area contributed by atoms with Crippen LogP contribution in [0.3, 0.4) is 0 Å². The van der Waals surface area contributed by atoms with Crippen LogP contribution in [0, 0.1) is 11.3 Å². The molecule has 2 N–H and O–H groups in total. The highest BCUT2D eigenvalue weighted by Gasteiger charge is 2.04. The second-order valence-electron chi connectivity index (χ2n) is 3.16. The fourth-order valence-corrected chi connectivity index (χ4v) is 1.41. The van der Waals surface area contributed by atoms with E-state index in [1.54, 1.807) is 17.0 Å². The number of imidazole rings is 1. The van der Waals surface area contributed by atoms with Gasteiger partial charge < -0.3 is 10.3 Å². The molecule has 0 saturated heterocycles. The Morgan fingerprint density at radius 1 is 1.33 bits per heavy atom. The smallest absolute Gasteiger partial charge is 0.140 e. The summed E-state index contributed by atoms with van der Waals surface area (Å²) in [5.41, 5.74) is 7.28. The van der Waals surface area contributed by atoms with Gasteiger partial charge in [-0.05, 0) is 24.3 Å². The van der Waals surface area contributed by atoms with Crippen LogP contribution in [0.4, 0.5) is 5.69 Å². The van der Waals surface area contributed by atoms with E-state index < -0.39 is 0 Å². The summed E-state index contributed by atoms with van der Waals surface area (Å²) in [5, 5.41) is 8.63. The Balaban J connectivity index is 2.41. The maximum absolute atomic E-state index is 8.63. The lowest BCUT2D eigenvalue weighted by atomic mass is 10.2. The lowest BCUT2D eigenvalue weighted by molar-refractivity contribution is 0.841. The van der Waals surface area contributed by atoms with Gasteiger partial charge in [-0.15, -0.1) is 0 Å². The number of nitrogens with zero attached hydrogens (tertiary/aromatic N) is 3. The van der Waals surface area contributed by atoms with Gasteiger partial charge in [0.05, 0.1) is 6.07 Å². The van der Waals surface area contributed by atoms with E-state index in [0.29, 0.717) is 6.54 Å². The number of nitrogens with two attached hydrogens (primary N) is 1. The maximum atomic E-state index is 8.63. The van der Waals surface area contributed by atoms with Gasteiger partial charge in [-0.2, -0.15) is 5.26 Å². The van der Waals surface area contributed by atoms with E-state index in [2.05, 4.69) is 11.1 Å². The molecule has 15 heavy (non-hydrogen) atoms. The van der Waals surface area contributed by atoms with Crippen molar-refractivity contribution in [1.29, 1.82) is 5.26 Å². The molecule has 0 radical (unpaired) electrons. The molecule has 0 atom stereocenters. The standard InChI is InChI=1S/C11H10N4/c12-5-7-15-8-6-14-11(15)9-1-3-10(13)4-2-9/h1-4,6,8H,7,13H2. The molecule has 2 aromatic rings. The van der Waals surface area contributed by atoms with Crippen LogP contribution in [0.15, 0.2) is 36.7 Å². The number of hydrogen-bond donors (Lipinski definition) is 1. The van der Waals surface area contributed by atoms with Crippen LogP contribution in [0.1, 0.15) is 0 Å². The molecular formula is C11H10N4. The predicted molar refractivity (Wildman–Crippen MR) is 57.7 cm³/mol. The summed E-state index contributed by atoms with van der Waals surface area (Å²) in [4.78, 5) is 4.21. The molecule has 4 nitrogen and oxygen atoms in total. The topological polar surface area (TPSA) is 67.6 Å². The Hall–Kier alpha value is -2.28. The third kappa shape index (κ3) is 1.81. The van der Waals surface area contributed by atoms with Gasteiger partial charge >= 0.3 is 0 Å². The molecule has 1 aromatic carbocycles. The first-order valence-electron chi connectivity index (χ1n) is 4.55. The molecular weight excluding hydrogens is 188 g/mol. The molecule has 1 heterocycles. The normalized spacial score (nSPS) is 9.80. The van der Waals surface area contributed by atoms with Crippen molar-refractivity contribution >= 4 is 5.69 Å². The minimum atomic E-state index is 0.305. The third-order valence-corrected chi connectivity index (χ3v) is 2.13. The second kappa shape index (κ2) is 3.84. The number of nitriles is 1. The molecule has 0 saturated carbocycles. The average Bonchev–Trinajstić information content (AvgIpc) is 2.68. The Labute approximate surface area is 87.6 Å². The van der Waals surface area contributed by atoms with Crippen LogP contribution in [0.5, 0.6) is 0 Å². The van der Waals surface area contributed by atoms with Crippen LogP contribution < -0.4 is 5.73 Å². The van der Waals surface area contributed by atoms with E-state index >= 15 is 0 Å². The summed E-state index contributed by atoms with van der Waals surface area (Å²) in [6.45, 7) is 0.305. The van der Waals surface area contributed by atoms with Crippen molar-refractivity contribution in [3.63, 3.8) is 0 Å². The molecule has 0 aliphatic rings. The van der Waals surface area contributed by atoms with Crippen LogP contribution in [-0.4, -0.2) is 9.55 Å². The molecule has 0 bridgehead atoms. The van der Waals surface area contributed by atoms with Gasteiger partial charge in [0.15, 0.2) is 0 Å². The van der Waals surface area contributed by atoms with Gasteiger partial charge in [-0.25, -0.2) is 4.98 Å². The lowest BCUT2D eigenvalue weighted by Gasteiger charge is -2.03. The zero-order valence-corrected chi connectivity index (χ0v) is 8.09. The Morgan fingerprint density at radius 2 is 2.07 bits per heavy atom. The second-order valence-corrected chi connectivity index (χ2v) is 3.16. The van der Waals surface area contributed by atoms with Gasteiger partial charge in [0.1, 0.15) is 12.4 Å². The molecule has 74 valence electrons. The van der Waals surface area contributed by atoms with Crippen molar-refractivity contribution in [2.75, 3.05) is 5.73 Å². The van der Waals surface area contributed by atoms with Crippen LogP contribution >= 0.6 is 0 Å². The Morgan fingerprint density at radius 3 is 2.73 bits per heavy atom. The SMILES string of the molecule is N#CCn1ccnc1-c1ccc(N)cc1. The van der Waals surface area contributed by atoms with Crippen molar-refractivity contribution < 1.29 is 0 Å². The number of aromatic nitrogens is 2.